The summed E-state index contributed by atoms with van der Waals surface area (Å²) in [6.07, 6.45) is 8.33. The molecular formula is C22H30N6O2. The maximum atomic E-state index is 11.9. The summed E-state index contributed by atoms with van der Waals surface area (Å²) in [5, 5.41) is 15.3. The highest BCUT2D eigenvalue weighted by Crippen LogP contribution is 2.34. The van der Waals surface area contributed by atoms with Crippen LogP contribution in [0.3, 0.4) is 0 Å². The fraction of sp³-hybridized carbons (Fsp3) is 0.545. The van der Waals surface area contributed by atoms with Gasteiger partial charge in [-0.2, -0.15) is 0 Å². The number of hydrogen-bond donors (Lipinski definition) is 1. The molecule has 1 aromatic carbocycles. The highest BCUT2D eigenvalue weighted by molar-refractivity contribution is 5.70. The van der Waals surface area contributed by atoms with Gasteiger partial charge in [-0.1, -0.05) is 56.0 Å². The zero-order valence-corrected chi connectivity index (χ0v) is 17.4. The van der Waals surface area contributed by atoms with Gasteiger partial charge in [-0.3, -0.25) is 15.0 Å². The number of nitrogens with zero attached hydrogens (tertiary/aromatic N) is 5. The molecule has 0 spiro atoms. The minimum Gasteiger partial charge on any atom is -0.361 e. The maximum absolute atomic E-state index is 11.9. The van der Waals surface area contributed by atoms with Crippen LogP contribution in [0.4, 0.5) is 17.3 Å². The molecule has 4 rings (SSSR count). The molecule has 0 bridgehead atoms. The van der Waals surface area contributed by atoms with Gasteiger partial charge < -0.3 is 10.2 Å². The fourth-order valence-electron chi connectivity index (χ4n) is 4.45. The summed E-state index contributed by atoms with van der Waals surface area (Å²) < 4.78 is 0. The molecule has 2 aliphatic rings. The van der Waals surface area contributed by atoms with E-state index >= 15 is 0 Å². The quantitative estimate of drug-likeness (QED) is 0.440. The van der Waals surface area contributed by atoms with E-state index in [4.69, 9.17) is 0 Å². The number of benzene rings is 1. The maximum Gasteiger partial charge on any atom is 0.353 e. The first-order chi connectivity index (χ1) is 14.7. The van der Waals surface area contributed by atoms with E-state index in [9.17, 15) is 10.1 Å². The summed E-state index contributed by atoms with van der Waals surface area (Å²) in [5.41, 5.74) is 1.30. The largest absolute Gasteiger partial charge is 0.361 e. The molecule has 30 heavy (non-hydrogen) atoms. The second kappa shape index (κ2) is 9.84. The lowest BCUT2D eigenvalue weighted by atomic mass is 10.1. The normalized spacial score (nSPS) is 18.7. The number of piperazine rings is 1. The second-order valence-electron chi connectivity index (χ2n) is 8.23. The van der Waals surface area contributed by atoms with Gasteiger partial charge in [0.1, 0.15) is 6.33 Å². The van der Waals surface area contributed by atoms with Crippen molar-refractivity contribution in [1.82, 2.24) is 14.9 Å². The molecule has 1 saturated heterocycles. The minimum atomic E-state index is -0.329. The number of nitrogens with one attached hydrogen (secondary N) is 1. The highest BCUT2D eigenvalue weighted by Gasteiger charge is 2.30. The molecule has 1 aromatic heterocycles. The van der Waals surface area contributed by atoms with Gasteiger partial charge in [-0.15, -0.1) is 0 Å². The zero-order valence-electron chi connectivity index (χ0n) is 17.4. The van der Waals surface area contributed by atoms with Gasteiger partial charge in [-0.25, -0.2) is 9.97 Å². The van der Waals surface area contributed by atoms with Crippen LogP contribution in [0, 0.1) is 10.1 Å². The van der Waals surface area contributed by atoms with E-state index in [0.29, 0.717) is 24.7 Å². The monoisotopic (exact) mass is 410 g/mol. The van der Waals surface area contributed by atoms with E-state index < -0.39 is 0 Å². The second-order valence-corrected chi connectivity index (χ2v) is 8.23. The molecule has 0 amide bonds. The summed E-state index contributed by atoms with van der Waals surface area (Å²) in [6.45, 7) is 4.03. The standard InChI is InChI=1S/C22H30N6O2/c29-28(30)20-21(25-19-10-6-1-2-7-11-19)23-17-24-22(20)27-14-12-26(13-15-27)16-18-8-4-3-5-9-18/h3-5,8-9,17,19H,1-2,6-7,10-16H2,(H,23,24,25). The highest BCUT2D eigenvalue weighted by atomic mass is 16.6. The Hall–Kier alpha value is -2.74. The molecular weight excluding hydrogens is 380 g/mol. The third kappa shape index (κ3) is 5.05. The minimum absolute atomic E-state index is 0.0123. The van der Waals surface area contributed by atoms with Crippen molar-refractivity contribution in [1.29, 1.82) is 0 Å². The molecule has 2 fully saturated rings. The molecule has 2 aromatic rings. The molecule has 2 heterocycles. The van der Waals surface area contributed by atoms with Crippen LogP contribution in [-0.4, -0.2) is 52.0 Å². The van der Waals surface area contributed by atoms with Crippen molar-refractivity contribution in [3.8, 4) is 0 Å². The number of hydrogen-bond acceptors (Lipinski definition) is 7. The summed E-state index contributed by atoms with van der Waals surface area (Å²) in [4.78, 5) is 24.6. The van der Waals surface area contributed by atoms with E-state index in [-0.39, 0.29) is 16.7 Å². The molecule has 0 atom stereocenters. The Morgan fingerprint density at radius 2 is 1.70 bits per heavy atom. The topological polar surface area (TPSA) is 87.4 Å². The third-order valence-corrected chi connectivity index (χ3v) is 6.10. The zero-order chi connectivity index (χ0) is 20.8. The first-order valence-corrected chi connectivity index (χ1v) is 11.0. The van der Waals surface area contributed by atoms with Crippen LogP contribution in [0.5, 0.6) is 0 Å². The third-order valence-electron chi connectivity index (χ3n) is 6.10. The number of nitro groups is 1. The van der Waals surface area contributed by atoms with Crippen LogP contribution < -0.4 is 10.2 Å². The van der Waals surface area contributed by atoms with E-state index in [2.05, 4.69) is 44.5 Å². The van der Waals surface area contributed by atoms with Crippen LogP contribution in [-0.2, 0) is 6.54 Å². The van der Waals surface area contributed by atoms with E-state index in [1.165, 1.54) is 24.7 Å². The molecule has 0 radical (unpaired) electrons. The molecule has 8 heteroatoms. The van der Waals surface area contributed by atoms with Gasteiger partial charge in [0.25, 0.3) is 0 Å². The number of anilines is 2. The smallest absolute Gasteiger partial charge is 0.353 e. The Bertz CT molecular complexity index is 831. The van der Waals surface area contributed by atoms with Crippen LogP contribution in [0.15, 0.2) is 36.7 Å². The number of rotatable bonds is 6. The molecule has 1 N–H and O–H groups in total. The van der Waals surface area contributed by atoms with E-state index in [0.717, 1.165) is 45.3 Å². The van der Waals surface area contributed by atoms with Crippen molar-refractivity contribution < 1.29 is 4.92 Å². The predicted molar refractivity (Wildman–Crippen MR) is 118 cm³/mol. The Balaban J connectivity index is 1.45. The average Bonchev–Trinajstić information content (AvgIpc) is 3.03. The van der Waals surface area contributed by atoms with E-state index in [1.807, 2.05) is 11.0 Å². The van der Waals surface area contributed by atoms with Crippen molar-refractivity contribution in [3.63, 3.8) is 0 Å². The summed E-state index contributed by atoms with van der Waals surface area (Å²) in [5.74, 6) is 0.800. The van der Waals surface area contributed by atoms with Crippen molar-refractivity contribution in [2.45, 2.75) is 51.1 Å². The van der Waals surface area contributed by atoms with Gasteiger partial charge in [0, 0.05) is 38.8 Å². The van der Waals surface area contributed by atoms with Gasteiger partial charge in [0.2, 0.25) is 11.6 Å². The summed E-state index contributed by atoms with van der Waals surface area (Å²) in [6, 6.07) is 10.6. The molecule has 1 saturated carbocycles. The van der Waals surface area contributed by atoms with Gasteiger partial charge in [0.05, 0.1) is 4.92 Å². The number of aromatic nitrogens is 2. The van der Waals surface area contributed by atoms with Gasteiger partial charge in [-0.05, 0) is 18.4 Å². The average molecular weight is 411 g/mol. The molecule has 0 unspecified atom stereocenters. The lowest BCUT2D eigenvalue weighted by Gasteiger charge is -2.35. The Morgan fingerprint density at radius 1 is 1.00 bits per heavy atom. The molecule has 8 nitrogen and oxygen atoms in total. The fourth-order valence-corrected chi connectivity index (χ4v) is 4.45. The Labute approximate surface area is 177 Å². The molecule has 1 aliphatic carbocycles. The van der Waals surface area contributed by atoms with Crippen LogP contribution in [0.2, 0.25) is 0 Å². The first-order valence-electron chi connectivity index (χ1n) is 11.0. The lowest BCUT2D eigenvalue weighted by Crippen LogP contribution is -2.46. The summed E-state index contributed by atoms with van der Waals surface area (Å²) >= 11 is 0. The van der Waals surface area contributed by atoms with Gasteiger partial charge >= 0.3 is 5.69 Å². The predicted octanol–water partition coefficient (Wildman–Crippen LogP) is 3.84. The lowest BCUT2D eigenvalue weighted by molar-refractivity contribution is -0.383. The van der Waals surface area contributed by atoms with Crippen molar-refractivity contribution >= 4 is 17.3 Å². The van der Waals surface area contributed by atoms with Gasteiger partial charge in [0.15, 0.2) is 0 Å². The van der Waals surface area contributed by atoms with Crippen LogP contribution >= 0.6 is 0 Å². The van der Waals surface area contributed by atoms with Crippen molar-refractivity contribution in [2.24, 2.45) is 0 Å². The molecule has 160 valence electrons. The van der Waals surface area contributed by atoms with Crippen molar-refractivity contribution in [2.75, 3.05) is 36.4 Å². The SMILES string of the molecule is O=[N+]([O-])c1c(NC2CCCCCC2)ncnc1N1CCN(Cc2ccccc2)CC1. The first kappa shape index (κ1) is 20.5. The Kier molecular flexibility index (Phi) is 6.74. The van der Waals surface area contributed by atoms with Crippen molar-refractivity contribution in [3.05, 3.63) is 52.3 Å². The summed E-state index contributed by atoms with van der Waals surface area (Å²) in [7, 11) is 0. The molecule has 1 aliphatic heterocycles. The van der Waals surface area contributed by atoms with E-state index in [1.54, 1.807) is 0 Å². The van der Waals surface area contributed by atoms with Crippen LogP contribution in [0.25, 0.3) is 0 Å². The Morgan fingerprint density at radius 3 is 2.37 bits per heavy atom. The van der Waals surface area contributed by atoms with Crippen LogP contribution in [0.1, 0.15) is 44.1 Å².